The minimum Gasteiger partial charge on any atom is -0.0842 e. The van der Waals surface area contributed by atoms with Crippen LogP contribution >= 0.6 is 15.9 Å². The Morgan fingerprint density at radius 1 is 0.875 bits per heavy atom. The lowest BCUT2D eigenvalue weighted by Crippen LogP contribution is -1.89. The van der Waals surface area contributed by atoms with Crippen molar-refractivity contribution in [2.75, 3.05) is 0 Å². The molecule has 0 saturated carbocycles. The van der Waals surface area contributed by atoms with Crippen LogP contribution in [0.15, 0.2) is 54.6 Å². The molecule has 0 bridgehead atoms. The van der Waals surface area contributed by atoms with Gasteiger partial charge in [-0.25, -0.2) is 0 Å². The Kier molecular flexibility index (Phi) is 3.79. The summed E-state index contributed by atoms with van der Waals surface area (Å²) in [6.45, 7) is 2.15. The lowest BCUT2D eigenvalue weighted by molar-refractivity contribution is 1.11. The Hall–Kier alpha value is -1.08. The fourth-order valence-corrected chi connectivity index (χ4v) is 2.04. The van der Waals surface area contributed by atoms with Crippen LogP contribution < -0.4 is 0 Å². The van der Waals surface area contributed by atoms with Gasteiger partial charge in [-0.1, -0.05) is 70.5 Å². The standard InChI is InChI=1S/C15H15Br/c1-12(16)15-9-7-14(8-10-15)11-13-5-3-2-4-6-13/h2-10,12H,11H2,1H3. The predicted molar refractivity (Wildman–Crippen MR) is 73.0 cm³/mol. The maximum absolute atomic E-state index is 3.57. The van der Waals surface area contributed by atoms with E-state index >= 15 is 0 Å². The van der Waals surface area contributed by atoms with Crippen molar-refractivity contribution < 1.29 is 0 Å². The normalized spacial score (nSPS) is 12.4. The molecule has 82 valence electrons. The van der Waals surface area contributed by atoms with E-state index in [0.717, 1.165) is 6.42 Å². The van der Waals surface area contributed by atoms with Crippen molar-refractivity contribution in [3.63, 3.8) is 0 Å². The fourth-order valence-electron chi connectivity index (χ4n) is 1.73. The van der Waals surface area contributed by atoms with Crippen LogP contribution in [0.2, 0.25) is 0 Å². The zero-order valence-electron chi connectivity index (χ0n) is 9.36. The molecule has 2 aromatic carbocycles. The van der Waals surface area contributed by atoms with Crippen LogP contribution in [0.1, 0.15) is 28.4 Å². The molecule has 1 atom stereocenters. The molecule has 0 fully saturated rings. The van der Waals surface area contributed by atoms with Crippen LogP contribution in [-0.2, 0) is 6.42 Å². The highest BCUT2D eigenvalue weighted by Gasteiger charge is 2.00. The van der Waals surface area contributed by atoms with E-state index < -0.39 is 0 Å². The van der Waals surface area contributed by atoms with Crippen molar-refractivity contribution in [1.29, 1.82) is 0 Å². The van der Waals surface area contributed by atoms with Crippen molar-refractivity contribution in [2.24, 2.45) is 0 Å². The van der Waals surface area contributed by atoms with Crippen molar-refractivity contribution in [2.45, 2.75) is 18.2 Å². The minimum atomic E-state index is 0.429. The van der Waals surface area contributed by atoms with Crippen molar-refractivity contribution in [3.8, 4) is 0 Å². The number of rotatable bonds is 3. The summed E-state index contributed by atoms with van der Waals surface area (Å²) in [5, 5.41) is 0. The Morgan fingerprint density at radius 3 is 2.00 bits per heavy atom. The van der Waals surface area contributed by atoms with Crippen LogP contribution in [0.25, 0.3) is 0 Å². The lowest BCUT2D eigenvalue weighted by atomic mass is 10.0. The topological polar surface area (TPSA) is 0 Å². The Morgan fingerprint density at radius 2 is 1.44 bits per heavy atom. The first-order valence-electron chi connectivity index (χ1n) is 5.52. The monoisotopic (exact) mass is 274 g/mol. The summed E-state index contributed by atoms with van der Waals surface area (Å²) in [5.41, 5.74) is 4.06. The third-order valence-electron chi connectivity index (χ3n) is 2.69. The first kappa shape index (κ1) is 11.4. The van der Waals surface area contributed by atoms with Gasteiger partial charge in [0, 0.05) is 4.83 Å². The summed E-state index contributed by atoms with van der Waals surface area (Å²) < 4.78 is 0. The highest BCUT2D eigenvalue weighted by molar-refractivity contribution is 9.09. The van der Waals surface area contributed by atoms with Gasteiger partial charge in [-0.15, -0.1) is 0 Å². The third-order valence-corrected chi connectivity index (χ3v) is 3.22. The highest BCUT2D eigenvalue weighted by Crippen LogP contribution is 2.22. The van der Waals surface area contributed by atoms with E-state index in [1.165, 1.54) is 16.7 Å². The first-order chi connectivity index (χ1) is 7.75. The molecule has 0 aliphatic carbocycles. The zero-order chi connectivity index (χ0) is 11.4. The molecule has 0 aromatic heterocycles. The van der Waals surface area contributed by atoms with Crippen LogP contribution in [0.4, 0.5) is 0 Å². The van der Waals surface area contributed by atoms with E-state index in [1.54, 1.807) is 0 Å². The molecule has 0 aliphatic heterocycles. The summed E-state index contributed by atoms with van der Waals surface area (Å²) in [6, 6.07) is 19.4. The smallest absolute Gasteiger partial charge is 0.0367 e. The Bertz CT molecular complexity index is 429. The van der Waals surface area contributed by atoms with Gasteiger partial charge in [0.1, 0.15) is 0 Å². The second-order valence-electron chi connectivity index (χ2n) is 4.02. The van der Waals surface area contributed by atoms with Crippen molar-refractivity contribution >= 4 is 15.9 Å². The molecule has 2 rings (SSSR count). The second kappa shape index (κ2) is 5.31. The largest absolute Gasteiger partial charge is 0.0842 e. The molecule has 0 radical (unpaired) electrons. The van der Waals surface area contributed by atoms with E-state index in [-0.39, 0.29) is 0 Å². The number of halogens is 1. The fraction of sp³-hybridized carbons (Fsp3) is 0.200. The lowest BCUT2D eigenvalue weighted by Gasteiger charge is -2.06. The molecule has 0 nitrogen and oxygen atoms in total. The van der Waals surface area contributed by atoms with Crippen LogP contribution in [0.3, 0.4) is 0 Å². The molecular formula is C15H15Br. The third kappa shape index (κ3) is 2.96. The molecule has 0 N–H and O–H groups in total. The summed E-state index contributed by atoms with van der Waals surface area (Å²) in [7, 11) is 0. The van der Waals surface area contributed by atoms with Gasteiger partial charge in [0.2, 0.25) is 0 Å². The van der Waals surface area contributed by atoms with Gasteiger partial charge in [-0.05, 0) is 30.0 Å². The molecule has 1 heteroatoms. The molecule has 2 aromatic rings. The number of benzene rings is 2. The molecule has 1 unspecified atom stereocenters. The van der Waals surface area contributed by atoms with E-state index in [2.05, 4.69) is 77.5 Å². The highest BCUT2D eigenvalue weighted by atomic mass is 79.9. The Labute approximate surface area is 105 Å². The zero-order valence-corrected chi connectivity index (χ0v) is 10.9. The quantitative estimate of drug-likeness (QED) is 0.710. The SMILES string of the molecule is CC(Br)c1ccc(Cc2ccccc2)cc1. The van der Waals surface area contributed by atoms with Gasteiger partial charge in [0.15, 0.2) is 0 Å². The second-order valence-corrected chi connectivity index (χ2v) is 5.39. The summed E-state index contributed by atoms with van der Waals surface area (Å²) >= 11 is 3.57. The van der Waals surface area contributed by atoms with E-state index in [9.17, 15) is 0 Å². The van der Waals surface area contributed by atoms with Crippen LogP contribution in [0.5, 0.6) is 0 Å². The average molecular weight is 275 g/mol. The van der Waals surface area contributed by atoms with E-state index in [1.807, 2.05) is 0 Å². The molecule has 16 heavy (non-hydrogen) atoms. The molecule has 0 spiro atoms. The van der Waals surface area contributed by atoms with Crippen molar-refractivity contribution in [1.82, 2.24) is 0 Å². The average Bonchev–Trinajstić information content (AvgIpc) is 2.31. The van der Waals surface area contributed by atoms with Gasteiger partial charge < -0.3 is 0 Å². The van der Waals surface area contributed by atoms with E-state index in [4.69, 9.17) is 0 Å². The number of hydrogen-bond donors (Lipinski definition) is 0. The Balaban J connectivity index is 2.11. The number of alkyl halides is 1. The maximum atomic E-state index is 3.57. The van der Waals surface area contributed by atoms with Gasteiger partial charge in [0.25, 0.3) is 0 Å². The molecule has 0 saturated heterocycles. The van der Waals surface area contributed by atoms with Crippen LogP contribution in [0, 0.1) is 0 Å². The molecular weight excluding hydrogens is 260 g/mol. The maximum Gasteiger partial charge on any atom is 0.0367 e. The van der Waals surface area contributed by atoms with Gasteiger partial charge >= 0.3 is 0 Å². The molecule has 0 amide bonds. The summed E-state index contributed by atoms with van der Waals surface area (Å²) in [5.74, 6) is 0. The summed E-state index contributed by atoms with van der Waals surface area (Å²) in [4.78, 5) is 0.429. The van der Waals surface area contributed by atoms with Crippen molar-refractivity contribution in [3.05, 3.63) is 71.3 Å². The minimum absolute atomic E-state index is 0.429. The summed E-state index contributed by atoms with van der Waals surface area (Å²) in [6.07, 6.45) is 1.01. The van der Waals surface area contributed by atoms with Crippen LogP contribution in [-0.4, -0.2) is 0 Å². The molecule has 0 heterocycles. The van der Waals surface area contributed by atoms with Gasteiger partial charge in [-0.2, -0.15) is 0 Å². The number of hydrogen-bond acceptors (Lipinski definition) is 0. The van der Waals surface area contributed by atoms with E-state index in [0.29, 0.717) is 4.83 Å². The van der Waals surface area contributed by atoms with Gasteiger partial charge in [-0.3, -0.25) is 0 Å². The predicted octanol–water partition coefficient (Wildman–Crippen LogP) is 4.73. The molecule has 0 aliphatic rings. The first-order valence-corrected chi connectivity index (χ1v) is 6.44. The van der Waals surface area contributed by atoms with Gasteiger partial charge in [0.05, 0.1) is 0 Å².